The lowest BCUT2D eigenvalue weighted by Crippen LogP contribution is -2.33. The van der Waals surface area contributed by atoms with Crippen LogP contribution in [-0.2, 0) is 9.59 Å². The number of hydrogen-bond donors (Lipinski definition) is 2. The summed E-state index contributed by atoms with van der Waals surface area (Å²) in [5.41, 5.74) is 5.25. The van der Waals surface area contributed by atoms with Crippen molar-refractivity contribution < 1.29 is 9.59 Å². The maximum Gasteiger partial charge on any atom is 0.237 e. The third-order valence-corrected chi connectivity index (χ3v) is 6.35. The van der Waals surface area contributed by atoms with Crippen LogP contribution in [0.4, 0.5) is 5.69 Å². The number of nitrogens with one attached hydrogen (secondary N) is 2. The third-order valence-electron chi connectivity index (χ3n) is 6.35. The molecule has 1 aliphatic carbocycles. The van der Waals surface area contributed by atoms with Gasteiger partial charge in [-0.25, -0.2) is 0 Å². The smallest absolute Gasteiger partial charge is 0.237 e. The van der Waals surface area contributed by atoms with Gasteiger partial charge in [-0.1, -0.05) is 36.4 Å². The van der Waals surface area contributed by atoms with Crippen molar-refractivity contribution in [2.75, 3.05) is 12.4 Å². The van der Waals surface area contributed by atoms with Crippen LogP contribution in [0.1, 0.15) is 34.7 Å². The Bertz CT molecular complexity index is 1120. The number of aromatic nitrogens is 1. The highest BCUT2D eigenvalue weighted by Gasteiger charge is 2.59. The Labute approximate surface area is 150 Å². The highest BCUT2D eigenvalue weighted by molar-refractivity contribution is 6.10. The van der Waals surface area contributed by atoms with Crippen molar-refractivity contribution in [3.63, 3.8) is 0 Å². The Morgan fingerprint density at radius 3 is 2.58 bits per heavy atom. The molecule has 0 saturated carbocycles. The van der Waals surface area contributed by atoms with Crippen molar-refractivity contribution in [1.82, 2.24) is 9.88 Å². The van der Waals surface area contributed by atoms with Gasteiger partial charge in [-0.05, 0) is 23.3 Å². The average Bonchev–Trinajstić information content (AvgIpc) is 3.29. The molecule has 3 aromatic rings. The molecule has 0 spiro atoms. The number of amides is 2. The molecule has 2 aliphatic heterocycles. The molecule has 26 heavy (non-hydrogen) atoms. The van der Waals surface area contributed by atoms with Gasteiger partial charge in [0, 0.05) is 35.2 Å². The molecule has 3 heterocycles. The van der Waals surface area contributed by atoms with Gasteiger partial charge in [-0.15, -0.1) is 0 Å². The van der Waals surface area contributed by atoms with Gasteiger partial charge in [0.05, 0.1) is 17.9 Å². The molecular formula is C21H17N3O2. The first-order valence-electron chi connectivity index (χ1n) is 8.94. The van der Waals surface area contributed by atoms with Gasteiger partial charge in [-0.2, -0.15) is 0 Å². The fourth-order valence-corrected chi connectivity index (χ4v) is 5.27. The molecule has 2 N–H and O–H groups in total. The monoisotopic (exact) mass is 343 g/mol. The SMILES string of the molecule is CN1C(=O)[C@@H]2C3c4ccccc4NC3c3[nH]c4ccccc4c3[C@@H]2C1=O. The highest BCUT2D eigenvalue weighted by Crippen LogP contribution is 2.59. The molecule has 128 valence electrons. The number of nitrogens with zero attached hydrogens (tertiary/aromatic N) is 1. The zero-order valence-electron chi connectivity index (χ0n) is 14.2. The van der Waals surface area contributed by atoms with Gasteiger partial charge in [-0.3, -0.25) is 14.5 Å². The molecule has 6 rings (SSSR count). The van der Waals surface area contributed by atoms with Gasteiger partial charge in [0.1, 0.15) is 0 Å². The second-order valence-corrected chi connectivity index (χ2v) is 7.47. The zero-order chi connectivity index (χ0) is 17.6. The Kier molecular flexibility index (Phi) is 2.47. The summed E-state index contributed by atoms with van der Waals surface area (Å²) in [5.74, 6) is -0.940. The number of likely N-dealkylation sites (tertiary alicyclic amines) is 1. The fourth-order valence-electron chi connectivity index (χ4n) is 5.27. The lowest BCUT2D eigenvalue weighted by molar-refractivity contribution is -0.138. The van der Waals surface area contributed by atoms with Gasteiger partial charge < -0.3 is 10.3 Å². The van der Waals surface area contributed by atoms with Crippen molar-refractivity contribution in [2.45, 2.75) is 17.9 Å². The highest BCUT2D eigenvalue weighted by atomic mass is 16.2. The molecule has 2 unspecified atom stereocenters. The molecule has 1 fully saturated rings. The standard InChI is InChI=1S/C21H17N3O2/c1-24-20(25)16-14-10-6-2-4-8-12(10)22-18(14)19-15(17(16)21(24)26)11-7-3-5-9-13(11)23-19/h2-9,14,16-18,22-23H,1H3/t14?,16-,17+,18?/m1/s1. The Morgan fingerprint density at radius 1 is 0.923 bits per heavy atom. The Morgan fingerprint density at radius 2 is 1.69 bits per heavy atom. The molecule has 4 atom stereocenters. The number of fused-ring (bicyclic) bond motifs is 10. The number of imide groups is 1. The van der Waals surface area contributed by atoms with E-state index in [-0.39, 0.29) is 29.7 Å². The number of rotatable bonds is 0. The van der Waals surface area contributed by atoms with Crippen LogP contribution < -0.4 is 5.32 Å². The second kappa shape index (κ2) is 4.55. The summed E-state index contributed by atoms with van der Waals surface area (Å²) in [7, 11) is 1.61. The number of benzene rings is 2. The number of para-hydroxylation sites is 2. The van der Waals surface area contributed by atoms with Gasteiger partial charge in [0.15, 0.2) is 0 Å². The molecule has 5 nitrogen and oxygen atoms in total. The van der Waals surface area contributed by atoms with E-state index in [1.807, 2.05) is 36.4 Å². The minimum Gasteiger partial charge on any atom is -0.376 e. The van der Waals surface area contributed by atoms with Crippen LogP contribution in [0.2, 0.25) is 0 Å². The van der Waals surface area contributed by atoms with E-state index in [0.29, 0.717) is 0 Å². The van der Waals surface area contributed by atoms with Gasteiger partial charge in [0.25, 0.3) is 0 Å². The summed E-state index contributed by atoms with van der Waals surface area (Å²) in [6.45, 7) is 0. The molecule has 2 amide bonds. The van der Waals surface area contributed by atoms with Crippen molar-refractivity contribution >= 4 is 28.4 Å². The number of anilines is 1. The molecular weight excluding hydrogens is 326 g/mol. The molecule has 2 aromatic carbocycles. The van der Waals surface area contributed by atoms with Gasteiger partial charge >= 0.3 is 0 Å². The lowest BCUT2D eigenvalue weighted by Gasteiger charge is -2.33. The maximum absolute atomic E-state index is 13.0. The van der Waals surface area contributed by atoms with E-state index in [9.17, 15) is 9.59 Å². The van der Waals surface area contributed by atoms with E-state index < -0.39 is 5.92 Å². The summed E-state index contributed by atoms with van der Waals surface area (Å²) in [6.07, 6.45) is 0. The summed E-state index contributed by atoms with van der Waals surface area (Å²) in [6, 6.07) is 16.2. The number of carbonyl (C=O) groups is 2. The fraction of sp³-hybridized carbons (Fsp3) is 0.238. The summed E-state index contributed by atoms with van der Waals surface area (Å²) < 4.78 is 0. The average molecular weight is 343 g/mol. The van der Waals surface area contributed by atoms with Crippen LogP contribution in [0.15, 0.2) is 48.5 Å². The van der Waals surface area contributed by atoms with Crippen molar-refractivity contribution in [3.05, 3.63) is 65.4 Å². The van der Waals surface area contributed by atoms with E-state index in [2.05, 4.69) is 22.4 Å². The largest absolute Gasteiger partial charge is 0.376 e. The van der Waals surface area contributed by atoms with Crippen LogP contribution in [0.25, 0.3) is 10.9 Å². The topological polar surface area (TPSA) is 65.2 Å². The Balaban J connectivity index is 1.69. The summed E-state index contributed by atoms with van der Waals surface area (Å²) in [5, 5.41) is 4.65. The molecule has 1 aromatic heterocycles. The molecule has 0 bridgehead atoms. The predicted molar refractivity (Wildman–Crippen MR) is 97.9 cm³/mol. The number of likely N-dealkylation sites (N-methyl/N-ethyl adjacent to an activating group) is 1. The van der Waals surface area contributed by atoms with Crippen LogP contribution in [0.5, 0.6) is 0 Å². The summed E-state index contributed by atoms with van der Waals surface area (Å²) >= 11 is 0. The Hall–Kier alpha value is -3.08. The zero-order valence-corrected chi connectivity index (χ0v) is 14.2. The molecule has 5 heteroatoms. The normalized spacial score (nSPS) is 28.6. The van der Waals surface area contributed by atoms with E-state index in [1.165, 1.54) is 4.90 Å². The van der Waals surface area contributed by atoms with Gasteiger partial charge in [0.2, 0.25) is 11.8 Å². The quantitative estimate of drug-likeness (QED) is 0.616. The number of hydrogen-bond acceptors (Lipinski definition) is 3. The lowest BCUT2D eigenvalue weighted by atomic mass is 9.68. The van der Waals surface area contributed by atoms with Crippen LogP contribution in [0, 0.1) is 5.92 Å². The van der Waals surface area contributed by atoms with E-state index in [1.54, 1.807) is 7.05 Å². The minimum atomic E-state index is -0.409. The first kappa shape index (κ1) is 14.1. The van der Waals surface area contributed by atoms with Crippen molar-refractivity contribution in [2.24, 2.45) is 5.92 Å². The summed E-state index contributed by atoms with van der Waals surface area (Å²) in [4.78, 5) is 30.9. The minimum absolute atomic E-state index is 0.0145. The van der Waals surface area contributed by atoms with Crippen molar-refractivity contribution in [1.29, 1.82) is 0 Å². The van der Waals surface area contributed by atoms with Crippen LogP contribution in [-0.4, -0.2) is 28.7 Å². The number of H-pyrrole nitrogens is 1. The first-order chi connectivity index (χ1) is 12.7. The maximum atomic E-state index is 13.0. The number of carbonyl (C=O) groups excluding carboxylic acids is 2. The van der Waals surface area contributed by atoms with Crippen molar-refractivity contribution in [3.8, 4) is 0 Å². The van der Waals surface area contributed by atoms with Crippen LogP contribution in [0.3, 0.4) is 0 Å². The molecule has 1 saturated heterocycles. The first-order valence-corrected chi connectivity index (χ1v) is 8.94. The van der Waals surface area contributed by atoms with E-state index in [4.69, 9.17) is 0 Å². The van der Waals surface area contributed by atoms with E-state index in [0.717, 1.165) is 33.4 Å². The molecule has 0 radical (unpaired) electrons. The molecule has 3 aliphatic rings. The number of aromatic amines is 1. The third kappa shape index (κ3) is 1.48. The van der Waals surface area contributed by atoms with Crippen LogP contribution >= 0.6 is 0 Å². The van der Waals surface area contributed by atoms with E-state index >= 15 is 0 Å². The second-order valence-electron chi connectivity index (χ2n) is 7.47. The predicted octanol–water partition coefficient (Wildman–Crippen LogP) is 3.13.